The fourth-order valence-corrected chi connectivity index (χ4v) is 3.06. The van der Waals surface area contributed by atoms with Crippen molar-refractivity contribution in [3.8, 4) is 0 Å². The number of benzene rings is 1. The van der Waals surface area contributed by atoms with Crippen molar-refractivity contribution >= 4 is 39.6 Å². The van der Waals surface area contributed by atoms with E-state index in [2.05, 4.69) is 26.1 Å². The Morgan fingerprint density at radius 1 is 1.57 bits per heavy atom. The minimum Gasteiger partial charge on any atom is -0.478 e. The third-order valence-electron chi connectivity index (χ3n) is 3.42. The van der Waals surface area contributed by atoms with E-state index in [1.807, 2.05) is 25.1 Å². The molecule has 1 aliphatic rings. The molecule has 21 heavy (non-hydrogen) atoms. The lowest BCUT2D eigenvalue weighted by Gasteiger charge is -2.37. The molecule has 6 heteroatoms. The number of carbonyl (C=O) groups is 2. The van der Waals surface area contributed by atoms with E-state index in [4.69, 9.17) is 5.11 Å². The van der Waals surface area contributed by atoms with Crippen LogP contribution in [0.3, 0.4) is 0 Å². The van der Waals surface area contributed by atoms with Crippen LogP contribution in [0.5, 0.6) is 0 Å². The van der Waals surface area contributed by atoms with E-state index < -0.39 is 5.97 Å². The number of hydrogen-bond donors (Lipinski definition) is 2. The Hall–Kier alpha value is -1.82. The predicted octanol–water partition coefficient (Wildman–Crippen LogP) is 2.26. The molecule has 1 amide bonds. The lowest BCUT2D eigenvalue weighted by molar-refractivity contribution is -0.131. The highest BCUT2D eigenvalue weighted by Crippen LogP contribution is 2.30. The predicted molar refractivity (Wildman–Crippen MR) is 85.2 cm³/mol. The van der Waals surface area contributed by atoms with Crippen molar-refractivity contribution < 1.29 is 14.7 Å². The molecule has 0 spiro atoms. The standard InChI is InChI=1S/C15H17BrN2O3/c1-2-12-15(21)17-7-8-18(12)13-5-3-10(9-11(13)16)4-6-14(19)20/h3-6,9,12H,2,7-8H2,1H3,(H,17,21)(H,19,20)/b6-4+. The second-order valence-corrected chi connectivity index (χ2v) is 5.65. The van der Waals surface area contributed by atoms with Crippen molar-refractivity contribution in [1.29, 1.82) is 0 Å². The molecule has 2 N–H and O–H groups in total. The molecule has 0 aliphatic carbocycles. The van der Waals surface area contributed by atoms with E-state index >= 15 is 0 Å². The highest BCUT2D eigenvalue weighted by Gasteiger charge is 2.29. The molecule has 1 unspecified atom stereocenters. The molecule has 2 rings (SSSR count). The molecule has 5 nitrogen and oxygen atoms in total. The molecule has 1 atom stereocenters. The highest BCUT2D eigenvalue weighted by atomic mass is 79.9. The first-order chi connectivity index (χ1) is 10.0. The Morgan fingerprint density at radius 3 is 2.95 bits per heavy atom. The van der Waals surface area contributed by atoms with Crippen molar-refractivity contribution in [2.45, 2.75) is 19.4 Å². The summed E-state index contributed by atoms with van der Waals surface area (Å²) >= 11 is 3.51. The first-order valence-corrected chi connectivity index (χ1v) is 7.57. The fourth-order valence-electron chi connectivity index (χ4n) is 2.44. The van der Waals surface area contributed by atoms with Gasteiger partial charge in [-0.1, -0.05) is 13.0 Å². The largest absolute Gasteiger partial charge is 0.478 e. The topological polar surface area (TPSA) is 69.6 Å². The first kappa shape index (κ1) is 15.6. The van der Waals surface area contributed by atoms with Crippen LogP contribution >= 0.6 is 15.9 Å². The van der Waals surface area contributed by atoms with Gasteiger partial charge >= 0.3 is 5.97 Å². The molecular weight excluding hydrogens is 336 g/mol. The number of carboxylic acid groups (broad SMARTS) is 1. The van der Waals surface area contributed by atoms with Gasteiger partial charge in [-0.25, -0.2) is 4.79 Å². The van der Waals surface area contributed by atoms with Gasteiger partial charge in [0, 0.05) is 23.6 Å². The number of nitrogens with zero attached hydrogens (tertiary/aromatic N) is 1. The van der Waals surface area contributed by atoms with Crippen LogP contribution < -0.4 is 10.2 Å². The van der Waals surface area contributed by atoms with E-state index in [1.165, 1.54) is 6.08 Å². The first-order valence-electron chi connectivity index (χ1n) is 6.78. The van der Waals surface area contributed by atoms with Gasteiger partial charge in [0.15, 0.2) is 0 Å². The second kappa shape index (κ2) is 6.76. The van der Waals surface area contributed by atoms with Gasteiger partial charge in [0.05, 0.1) is 5.69 Å². The Bertz CT molecular complexity index is 586. The highest BCUT2D eigenvalue weighted by molar-refractivity contribution is 9.10. The van der Waals surface area contributed by atoms with Crippen molar-refractivity contribution in [2.75, 3.05) is 18.0 Å². The molecule has 1 aliphatic heterocycles. The minimum absolute atomic E-state index is 0.0468. The summed E-state index contributed by atoms with van der Waals surface area (Å²) in [4.78, 5) is 24.5. The van der Waals surface area contributed by atoms with Crippen LogP contribution in [0.2, 0.25) is 0 Å². The van der Waals surface area contributed by atoms with Gasteiger partial charge in [0.1, 0.15) is 6.04 Å². The summed E-state index contributed by atoms with van der Waals surface area (Å²) in [6.07, 6.45) is 3.38. The number of aliphatic carboxylic acids is 1. The smallest absolute Gasteiger partial charge is 0.328 e. The van der Waals surface area contributed by atoms with Crippen LogP contribution in [0, 0.1) is 0 Å². The summed E-state index contributed by atoms with van der Waals surface area (Å²) in [5.74, 6) is -0.931. The van der Waals surface area contributed by atoms with Gasteiger partial charge in [-0.2, -0.15) is 0 Å². The number of carboxylic acids is 1. The van der Waals surface area contributed by atoms with Crippen LogP contribution in [-0.4, -0.2) is 36.1 Å². The van der Waals surface area contributed by atoms with Crippen LogP contribution in [0.15, 0.2) is 28.7 Å². The molecule has 112 valence electrons. The Morgan fingerprint density at radius 2 is 2.33 bits per heavy atom. The van der Waals surface area contributed by atoms with E-state index in [9.17, 15) is 9.59 Å². The molecule has 1 saturated heterocycles. The number of halogens is 1. The van der Waals surface area contributed by atoms with E-state index in [0.29, 0.717) is 6.54 Å². The molecule has 0 bridgehead atoms. The minimum atomic E-state index is -0.978. The summed E-state index contributed by atoms with van der Waals surface area (Å²) in [5, 5.41) is 11.5. The summed E-state index contributed by atoms with van der Waals surface area (Å²) < 4.78 is 0.850. The van der Waals surface area contributed by atoms with E-state index in [-0.39, 0.29) is 11.9 Å². The van der Waals surface area contributed by atoms with E-state index in [0.717, 1.165) is 34.8 Å². The quantitative estimate of drug-likeness (QED) is 0.815. The van der Waals surface area contributed by atoms with E-state index in [1.54, 1.807) is 0 Å². The Labute approximate surface area is 131 Å². The summed E-state index contributed by atoms with van der Waals surface area (Å²) in [7, 11) is 0. The van der Waals surface area contributed by atoms with Gasteiger partial charge in [0.2, 0.25) is 5.91 Å². The molecule has 1 fully saturated rings. The third kappa shape index (κ3) is 3.64. The van der Waals surface area contributed by atoms with Crippen molar-refractivity contribution in [3.05, 3.63) is 34.3 Å². The van der Waals surface area contributed by atoms with Crippen LogP contribution in [0.1, 0.15) is 18.9 Å². The molecule has 0 saturated carbocycles. The average molecular weight is 353 g/mol. The number of hydrogen-bond acceptors (Lipinski definition) is 3. The average Bonchev–Trinajstić information content (AvgIpc) is 2.45. The maximum atomic E-state index is 11.9. The number of rotatable bonds is 4. The lowest BCUT2D eigenvalue weighted by Crippen LogP contribution is -2.55. The van der Waals surface area contributed by atoms with Crippen LogP contribution in [-0.2, 0) is 9.59 Å². The lowest BCUT2D eigenvalue weighted by atomic mass is 10.1. The number of amides is 1. The Kier molecular flexibility index (Phi) is 5.01. The summed E-state index contributed by atoms with van der Waals surface area (Å²) in [6.45, 7) is 3.37. The maximum absolute atomic E-state index is 11.9. The monoisotopic (exact) mass is 352 g/mol. The maximum Gasteiger partial charge on any atom is 0.328 e. The fraction of sp³-hybridized carbons (Fsp3) is 0.333. The second-order valence-electron chi connectivity index (χ2n) is 4.79. The zero-order chi connectivity index (χ0) is 15.4. The zero-order valence-corrected chi connectivity index (χ0v) is 13.3. The zero-order valence-electron chi connectivity index (χ0n) is 11.7. The molecule has 0 aromatic heterocycles. The molecule has 1 heterocycles. The number of nitrogens with one attached hydrogen (secondary N) is 1. The molecular formula is C15H17BrN2O3. The number of carbonyl (C=O) groups excluding carboxylic acids is 1. The Balaban J connectivity index is 2.27. The van der Waals surface area contributed by atoms with Gasteiger partial charge in [-0.05, 0) is 46.1 Å². The van der Waals surface area contributed by atoms with Crippen LogP contribution in [0.4, 0.5) is 5.69 Å². The van der Waals surface area contributed by atoms with Crippen molar-refractivity contribution in [2.24, 2.45) is 0 Å². The molecule has 0 radical (unpaired) electrons. The number of anilines is 1. The van der Waals surface area contributed by atoms with Crippen LogP contribution in [0.25, 0.3) is 6.08 Å². The van der Waals surface area contributed by atoms with Gasteiger partial charge in [0.25, 0.3) is 0 Å². The normalized spacial score (nSPS) is 18.9. The van der Waals surface area contributed by atoms with Gasteiger partial charge in [-0.3, -0.25) is 4.79 Å². The van der Waals surface area contributed by atoms with Gasteiger partial charge in [-0.15, -0.1) is 0 Å². The molecule has 1 aromatic carbocycles. The van der Waals surface area contributed by atoms with Crippen molar-refractivity contribution in [3.63, 3.8) is 0 Å². The van der Waals surface area contributed by atoms with Crippen molar-refractivity contribution in [1.82, 2.24) is 5.32 Å². The summed E-state index contributed by atoms with van der Waals surface area (Å²) in [6, 6.07) is 5.44. The van der Waals surface area contributed by atoms with Gasteiger partial charge < -0.3 is 15.3 Å². The molecule has 1 aromatic rings. The third-order valence-corrected chi connectivity index (χ3v) is 4.05. The number of piperazine rings is 1. The SMILES string of the molecule is CCC1C(=O)NCCN1c1ccc(/C=C/C(=O)O)cc1Br. The summed E-state index contributed by atoms with van der Waals surface area (Å²) in [5.41, 5.74) is 1.74.